The van der Waals surface area contributed by atoms with Crippen LogP contribution in [0.1, 0.15) is 201 Å². The van der Waals surface area contributed by atoms with Gasteiger partial charge in [0, 0.05) is 19.3 Å². The summed E-state index contributed by atoms with van der Waals surface area (Å²) in [4.78, 5) is 37.4. The molecule has 0 saturated heterocycles. The molecule has 0 spiro atoms. The number of hydrogen-bond acceptors (Lipinski definition) is 6. The average Bonchev–Trinajstić information content (AvgIpc) is 3.13. The van der Waals surface area contributed by atoms with Gasteiger partial charge in [-0.1, -0.05) is 172 Å². The maximum absolute atomic E-state index is 12.6. The van der Waals surface area contributed by atoms with E-state index in [9.17, 15) is 14.4 Å². The Bertz CT molecular complexity index is 918. The molecule has 0 aliphatic carbocycles. The Kier molecular flexibility index (Phi) is 38.1. The maximum Gasteiger partial charge on any atom is 0.306 e. The van der Waals surface area contributed by atoms with Gasteiger partial charge >= 0.3 is 17.9 Å². The zero-order chi connectivity index (χ0) is 37.3. The molecular weight excluding hydrogens is 636 g/mol. The largest absolute Gasteiger partial charge is 0.462 e. The Morgan fingerprint density at radius 2 is 0.765 bits per heavy atom. The molecule has 0 N–H and O–H groups in total. The molecular formula is C45H78O6. The summed E-state index contributed by atoms with van der Waals surface area (Å²) in [6, 6.07) is 0. The second-order valence-electron chi connectivity index (χ2n) is 13.9. The summed E-state index contributed by atoms with van der Waals surface area (Å²) in [5.41, 5.74) is 0. The van der Waals surface area contributed by atoms with Crippen molar-refractivity contribution >= 4 is 17.9 Å². The van der Waals surface area contributed by atoms with Gasteiger partial charge in [-0.15, -0.1) is 0 Å². The first-order valence-corrected chi connectivity index (χ1v) is 21.1. The number of carbonyl (C=O) groups excluding carboxylic acids is 3. The van der Waals surface area contributed by atoms with E-state index in [2.05, 4.69) is 69.4 Å². The van der Waals surface area contributed by atoms with Crippen LogP contribution in [0, 0.1) is 0 Å². The van der Waals surface area contributed by atoms with Gasteiger partial charge in [0.15, 0.2) is 6.10 Å². The fourth-order valence-electron chi connectivity index (χ4n) is 5.67. The third-order valence-corrected chi connectivity index (χ3v) is 8.85. The van der Waals surface area contributed by atoms with Gasteiger partial charge in [-0.05, 0) is 57.8 Å². The summed E-state index contributed by atoms with van der Waals surface area (Å²) in [6.45, 7) is 6.40. The molecule has 0 bridgehead atoms. The first-order chi connectivity index (χ1) is 25.0. The fraction of sp³-hybridized carbons (Fsp3) is 0.756. The van der Waals surface area contributed by atoms with E-state index in [1.165, 1.54) is 77.0 Å². The summed E-state index contributed by atoms with van der Waals surface area (Å²) in [5.74, 6) is -0.941. The van der Waals surface area contributed by atoms with Gasteiger partial charge in [0.2, 0.25) is 0 Å². The van der Waals surface area contributed by atoms with Crippen LogP contribution in [0.3, 0.4) is 0 Å². The quantitative estimate of drug-likeness (QED) is 0.0276. The first kappa shape index (κ1) is 48.4. The van der Waals surface area contributed by atoms with Crippen molar-refractivity contribution < 1.29 is 28.6 Å². The van der Waals surface area contributed by atoms with Gasteiger partial charge in [0.1, 0.15) is 13.2 Å². The van der Waals surface area contributed by atoms with Gasteiger partial charge in [-0.3, -0.25) is 14.4 Å². The van der Waals surface area contributed by atoms with E-state index in [-0.39, 0.29) is 31.1 Å². The third kappa shape index (κ3) is 38.4. The summed E-state index contributed by atoms with van der Waals surface area (Å²) in [5, 5.41) is 0. The van der Waals surface area contributed by atoms with E-state index in [1.807, 2.05) is 0 Å². The molecule has 0 aliphatic rings. The number of allylic oxidation sites excluding steroid dienone is 8. The minimum absolute atomic E-state index is 0.0854. The molecule has 0 aromatic heterocycles. The number of carbonyl (C=O) groups is 3. The molecule has 51 heavy (non-hydrogen) atoms. The van der Waals surface area contributed by atoms with Crippen LogP contribution in [0.5, 0.6) is 0 Å². The van der Waals surface area contributed by atoms with Crippen molar-refractivity contribution in [2.45, 2.75) is 207 Å². The lowest BCUT2D eigenvalue weighted by atomic mass is 10.0. The molecule has 1 unspecified atom stereocenters. The average molecular weight is 715 g/mol. The predicted octanol–water partition coefficient (Wildman–Crippen LogP) is 13.2. The van der Waals surface area contributed by atoms with Crippen LogP contribution >= 0.6 is 0 Å². The molecule has 6 heteroatoms. The molecule has 0 heterocycles. The van der Waals surface area contributed by atoms with Gasteiger partial charge < -0.3 is 14.2 Å². The normalized spacial score (nSPS) is 12.5. The summed E-state index contributed by atoms with van der Waals surface area (Å²) < 4.78 is 16.6. The Hall–Kier alpha value is -2.63. The van der Waals surface area contributed by atoms with E-state index in [0.717, 1.165) is 83.5 Å². The standard InChI is InChI=1S/C45H78O6/c1-4-7-10-13-16-18-20-22-23-24-26-27-29-32-35-38-44(47)50-41-42(40-49-43(46)37-34-31-15-12-9-6-3)51-45(48)39-36-33-30-28-25-21-19-17-14-11-8-5-2/h7,10,16,18,22-23,26-27,42H,4-6,8-9,11-15,17,19-21,24-25,28-41H2,1-3H3/b10-7-,18-16-,23-22-,27-26-. The van der Waals surface area contributed by atoms with Crippen LogP contribution in [0.15, 0.2) is 48.6 Å². The Labute approximate surface area is 314 Å². The van der Waals surface area contributed by atoms with E-state index < -0.39 is 6.10 Å². The van der Waals surface area contributed by atoms with Crippen LogP contribution in [-0.2, 0) is 28.6 Å². The van der Waals surface area contributed by atoms with Crippen molar-refractivity contribution in [2.75, 3.05) is 13.2 Å². The third-order valence-electron chi connectivity index (χ3n) is 8.85. The predicted molar refractivity (Wildman–Crippen MR) is 215 cm³/mol. The Morgan fingerprint density at radius 3 is 1.20 bits per heavy atom. The Morgan fingerprint density at radius 1 is 0.412 bits per heavy atom. The van der Waals surface area contributed by atoms with Crippen molar-refractivity contribution in [3.8, 4) is 0 Å². The SMILES string of the molecule is CC/C=C\C/C=C\C/C=C\C/C=C\CCCCC(=O)OCC(COC(=O)CCCCCCCC)OC(=O)CCCCCCCCCCCCCC. The lowest BCUT2D eigenvalue weighted by molar-refractivity contribution is -0.167. The molecule has 0 radical (unpaired) electrons. The van der Waals surface area contributed by atoms with Crippen molar-refractivity contribution in [2.24, 2.45) is 0 Å². The smallest absolute Gasteiger partial charge is 0.306 e. The van der Waals surface area contributed by atoms with E-state index in [1.54, 1.807) is 0 Å². The van der Waals surface area contributed by atoms with E-state index in [0.29, 0.717) is 19.3 Å². The highest BCUT2D eigenvalue weighted by atomic mass is 16.6. The van der Waals surface area contributed by atoms with Crippen LogP contribution in [0.25, 0.3) is 0 Å². The molecule has 0 saturated carbocycles. The highest BCUT2D eigenvalue weighted by molar-refractivity contribution is 5.71. The number of hydrogen-bond donors (Lipinski definition) is 0. The van der Waals surface area contributed by atoms with Crippen LogP contribution in [-0.4, -0.2) is 37.2 Å². The minimum atomic E-state index is -0.781. The summed E-state index contributed by atoms with van der Waals surface area (Å²) in [6.07, 6.45) is 45.4. The molecule has 6 nitrogen and oxygen atoms in total. The molecule has 0 aromatic rings. The van der Waals surface area contributed by atoms with Crippen LogP contribution < -0.4 is 0 Å². The lowest BCUT2D eigenvalue weighted by Gasteiger charge is -2.18. The molecule has 1 atom stereocenters. The first-order valence-electron chi connectivity index (χ1n) is 21.1. The monoisotopic (exact) mass is 715 g/mol. The molecule has 294 valence electrons. The van der Waals surface area contributed by atoms with Crippen molar-refractivity contribution in [1.29, 1.82) is 0 Å². The van der Waals surface area contributed by atoms with Crippen molar-refractivity contribution in [3.63, 3.8) is 0 Å². The molecule has 0 fully saturated rings. The molecule has 0 aliphatic heterocycles. The number of unbranched alkanes of at least 4 members (excludes halogenated alkanes) is 18. The summed E-state index contributed by atoms with van der Waals surface area (Å²) >= 11 is 0. The zero-order valence-electron chi connectivity index (χ0n) is 33.4. The van der Waals surface area contributed by atoms with Gasteiger partial charge in [0.05, 0.1) is 0 Å². The molecule has 0 aromatic carbocycles. The topological polar surface area (TPSA) is 78.9 Å². The van der Waals surface area contributed by atoms with Crippen LogP contribution in [0.4, 0.5) is 0 Å². The number of ether oxygens (including phenoxy) is 3. The second-order valence-corrected chi connectivity index (χ2v) is 13.9. The van der Waals surface area contributed by atoms with Crippen LogP contribution in [0.2, 0.25) is 0 Å². The fourth-order valence-corrected chi connectivity index (χ4v) is 5.67. The van der Waals surface area contributed by atoms with E-state index in [4.69, 9.17) is 14.2 Å². The van der Waals surface area contributed by atoms with E-state index >= 15 is 0 Å². The second kappa shape index (κ2) is 40.1. The minimum Gasteiger partial charge on any atom is -0.462 e. The number of esters is 3. The zero-order valence-corrected chi connectivity index (χ0v) is 33.4. The number of rotatable bonds is 37. The molecule has 0 rings (SSSR count). The van der Waals surface area contributed by atoms with Gasteiger partial charge in [-0.25, -0.2) is 0 Å². The van der Waals surface area contributed by atoms with Gasteiger partial charge in [0.25, 0.3) is 0 Å². The highest BCUT2D eigenvalue weighted by Gasteiger charge is 2.19. The summed E-state index contributed by atoms with van der Waals surface area (Å²) in [7, 11) is 0. The Balaban J connectivity index is 4.37. The highest BCUT2D eigenvalue weighted by Crippen LogP contribution is 2.14. The van der Waals surface area contributed by atoms with Crippen molar-refractivity contribution in [1.82, 2.24) is 0 Å². The van der Waals surface area contributed by atoms with Gasteiger partial charge in [-0.2, -0.15) is 0 Å². The lowest BCUT2D eigenvalue weighted by Crippen LogP contribution is -2.30. The molecule has 0 amide bonds. The van der Waals surface area contributed by atoms with Crippen molar-refractivity contribution in [3.05, 3.63) is 48.6 Å². The maximum atomic E-state index is 12.6.